The molecule has 1 amide bonds. The zero-order valence-corrected chi connectivity index (χ0v) is 21.5. The molecule has 35 heavy (non-hydrogen) atoms. The Labute approximate surface area is 207 Å². The molecule has 2 saturated heterocycles. The first kappa shape index (κ1) is 27.1. The topological polar surface area (TPSA) is 131 Å². The Morgan fingerprint density at radius 1 is 1.09 bits per heavy atom. The third-order valence-corrected chi connectivity index (χ3v) is 10.0. The van der Waals surface area contributed by atoms with Crippen molar-refractivity contribution in [2.45, 2.75) is 101 Å². The maximum absolute atomic E-state index is 13.3. The van der Waals surface area contributed by atoms with Crippen LogP contribution in [0.3, 0.4) is 0 Å². The van der Waals surface area contributed by atoms with E-state index in [2.05, 4.69) is 11.9 Å². The Kier molecular flexibility index (Phi) is 8.56. The summed E-state index contributed by atoms with van der Waals surface area (Å²) in [6.07, 6.45) is 10.5. The van der Waals surface area contributed by atoms with Crippen molar-refractivity contribution in [3.05, 3.63) is 30.1 Å². The Morgan fingerprint density at radius 3 is 2.23 bits per heavy atom. The number of carboxylic acids is 1. The molecule has 0 aromatic carbocycles. The highest BCUT2D eigenvalue weighted by Crippen LogP contribution is 2.52. The lowest BCUT2D eigenvalue weighted by molar-refractivity contribution is -0.176. The quantitative estimate of drug-likeness (QED) is 0.243. The predicted octanol–water partition coefficient (Wildman–Crippen LogP) is 3.64. The number of unbranched alkanes of at least 4 members (excludes halogenated alkanes) is 7. The molecule has 2 aliphatic rings. The Morgan fingerprint density at radius 2 is 1.66 bits per heavy atom. The maximum atomic E-state index is 13.3. The Balaban J connectivity index is 1.71. The minimum absolute atomic E-state index is 0.168. The van der Waals surface area contributed by atoms with Crippen molar-refractivity contribution in [2.75, 3.05) is 0 Å². The van der Waals surface area contributed by atoms with E-state index in [1.54, 1.807) is 12.1 Å². The van der Waals surface area contributed by atoms with Gasteiger partial charge in [-0.05, 0) is 38.0 Å². The van der Waals surface area contributed by atoms with Crippen molar-refractivity contribution in [1.29, 1.82) is 0 Å². The zero-order chi connectivity index (χ0) is 25.8. The number of aromatic nitrogens is 1. The molecule has 0 saturated carbocycles. The summed E-state index contributed by atoms with van der Waals surface area (Å²) in [7, 11) is -4.05. The van der Waals surface area contributed by atoms with Gasteiger partial charge in [-0.25, -0.2) is 13.2 Å². The number of carbonyl (C=O) groups excluding carboxylic acids is 2. The third kappa shape index (κ3) is 5.22. The summed E-state index contributed by atoms with van der Waals surface area (Å²) >= 11 is 0. The standard InChI is InChI=1S/C25H36N2O7S/c1-4-5-6-7-8-9-10-11-12-18(28)34-20(17-13-15-26-16-14-17)19-22(29)27-21(24(30)31)25(2,3)35(32,33)23(19)27/h13-16,19-21,23H,4-12H2,1-3H3,(H,30,31)/t19-,20-,21+,23-/m1/s1. The lowest BCUT2D eigenvalue weighted by atomic mass is 9.85. The van der Waals surface area contributed by atoms with Gasteiger partial charge in [-0.15, -0.1) is 0 Å². The zero-order valence-electron chi connectivity index (χ0n) is 20.7. The summed E-state index contributed by atoms with van der Waals surface area (Å²) in [5.41, 5.74) is 0.453. The molecule has 0 spiro atoms. The van der Waals surface area contributed by atoms with E-state index < -0.39 is 55.9 Å². The van der Waals surface area contributed by atoms with Gasteiger partial charge in [-0.3, -0.25) is 14.6 Å². The SMILES string of the molecule is CCCCCCCCCCC(=O)O[C@H](c1ccncc1)[C@@H]1C(=O)N2[C@@H](C(=O)O)C(C)(C)S(=O)(=O)[C@H]12. The minimum Gasteiger partial charge on any atom is -0.480 e. The van der Waals surface area contributed by atoms with E-state index >= 15 is 0 Å². The van der Waals surface area contributed by atoms with Gasteiger partial charge in [0.15, 0.2) is 15.2 Å². The number of rotatable bonds is 13. The van der Waals surface area contributed by atoms with Crippen LogP contribution in [-0.2, 0) is 29.0 Å². The molecular weight excluding hydrogens is 472 g/mol. The summed E-state index contributed by atoms with van der Waals surface area (Å²) in [5.74, 6) is -3.72. The molecule has 1 aromatic heterocycles. The average Bonchev–Trinajstić information content (AvgIpc) is 2.95. The first-order valence-corrected chi connectivity index (χ1v) is 14.0. The van der Waals surface area contributed by atoms with Gasteiger partial charge in [-0.1, -0.05) is 51.9 Å². The number of hydrogen-bond donors (Lipinski definition) is 1. The van der Waals surface area contributed by atoms with Crippen molar-refractivity contribution in [3.63, 3.8) is 0 Å². The number of aliphatic carboxylic acids is 1. The van der Waals surface area contributed by atoms with Crippen LogP contribution in [0.25, 0.3) is 0 Å². The van der Waals surface area contributed by atoms with Gasteiger partial charge in [0.05, 0.1) is 4.75 Å². The predicted molar refractivity (Wildman–Crippen MR) is 129 cm³/mol. The fraction of sp³-hybridized carbons (Fsp3) is 0.680. The van der Waals surface area contributed by atoms with Crippen LogP contribution in [0.5, 0.6) is 0 Å². The molecule has 4 atom stereocenters. The number of carbonyl (C=O) groups is 3. The summed E-state index contributed by atoms with van der Waals surface area (Å²) in [6, 6.07) is 1.66. The van der Waals surface area contributed by atoms with Crippen molar-refractivity contribution in [1.82, 2.24) is 9.88 Å². The number of nitrogens with zero attached hydrogens (tertiary/aromatic N) is 2. The Hall–Kier alpha value is -2.49. The Bertz CT molecular complexity index is 1030. The van der Waals surface area contributed by atoms with Crippen LogP contribution in [0.15, 0.2) is 24.5 Å². The van der Waals surface area contributed by atoms with E-state index in [9.17, 15) is 27.9 Å². The summed E-state index contributed by atoms with van der Waals surface area (Å²) < 4.78 is 30.6. The van der Waals surface area contributed by atoms with Crippen molar-refractivity contribution in [3.8, 4) is 0 Å². The van der Waals surface area contributed by atoms with Crippen LogP contribution < -0.4 is 0 Å². The first-order valence-electron chi connectivity index (χ1n) is 12.4. The second kappa shape index (κ2) is 11.1. The molecule has 0 aliphatic carbocycles. The van der Waals surface area contributed by atoms with Crippen LogP contribution >= 0.6 is 0 Å². The lowest BCUT2D eigenvalue weighted by Crippen LogP contribution is -2.65. The minimum atomic E-state index is -4.05. The molecule has 0 unspecified atom stereocenters. The normalized spacial score (nSPS) is 24.9. The number of pyridine rings is 1. The summed E-state index contributed by atoms with van der Waals surface area (Å²) in [4.78, 5) is 42.6. The van der Waals surface area contributed by atoms with Crippen LogP contribution in [0.2, 0.25) is 0 Å². The van der Waals surface area contributed by atoms with Gasteiger partial charge in [0.2, 0.25) is 5.91 Å². The summed E-state index contributed by atoms with van der Waals surface area (Å²) in [6.45, 7) is 4.81. The molecule has 2 aliphatic heterocycles. The van der Waals surface area contributed by atoms with E-state index in [1.807, 2.05) is 0 Å². The molecule has 3 rings (SSSR count). The van der Waals surface area contributed by atoms with Gasteiger partial charge in [0.25, 0.3) is 0 Å². The number of hydrogen-bond acceptors (Lipinski definition) is 7. The maximum Gasteiger partial charge on any atom is 0.328 e. The van der Waals surface area contributed by atoms with Crippen molar-refractivity contribution < 1.29 is 32.6 Å². The monoisotopic (exact) mass is 508 g/mol. The number of fused-ring (bicyclic) bond motifs is 1. The van der Waals surface area contributed by atoms with Gasteiger partial charge in [0, 0.05) is 18.8 Å². The van der Waals surface area contributed by atoms with Crippen LogP contribution in [0, 0.1) is 5.92 Å². The lowest BCUT2D eigenvalue weighted by Gasteiger charge is -2.45. The van der Waals surface area contributed by atoms with E-state index in [4.69, 9.17) is 4.74 Å². The molecule has 194 valence electrons. The van der Waals surface area contributed by atoms with Gasteiger partial charge >= 0.3 is 11.9 Å². The number of amides is 1. The molecule has 0 radical (unpaired) electrons. The fourth-order valence-electron chi connectivity index (χ4n) is 5.13. The van der Waals surface area contributed by atoms with Gasteiger partial charge in [0.1, 0.15) is 18.1 Å². The van der Waals surface area contributed by atoms with E-state index in [0.717, 1.165) is 24.2 Å². The highest BCUT2D eigenvalue weighted by Gasteiger charge is 2.73. The van der Waals surface area contributed by atoms with Crippen LogP contribution in [0.4, 0.5) is 0 Å². The highest BCUT2D eigenvalue weighted by atomic mass is 32.2. The van der Waals surface area contributed by atoms with E-state index in [0.29, 0.717) is 12.0 Å². The fourth-order valence-corrected chi connectivity index (χ4v) is 7.45. The number of sulfone groups is 1. The smallest absolute Gasteiger partial charge is 0.328 e. The third-order valence-electron chi connectivity index (χ3n) is 7.20. The average molecular weight is 509 g/mol. The second-order valence-electron chi connectivity index (χ2n) is 9.97. The highest BCUT2D eigenvalue weighted by molar-refractivity contribution is 7.93. The molecule has 0 bridgehead atoms. The van der Waals surface area contributed by atoms with Crippen molar-refractivity contribution in [2.24, 2.45) is 5.92 Å². The van der Waals surface area contributed by atoms with Gasteiger partial charge < -0.3 is 14.7 Å². The molecule has 9 nitrogen and oxygen atoms in total. The second-order valence-corrected chi connectivity index (χ2v) is 12.6. The van der Waals surface area contributed by atoms with E-state index in [-0.39, 0.29) is 6.42 Å². The van der Waals surface area contributed by atoms with Crippen LogP contribution in [-0.4, -0.2) is 57.4 Å². The molecule has 10 heteroatoms. The molecule has 1 aromatic rings. The number of ether oxygens (including phenoxy) is 1. The molecular formula is C25H36N2O7S. The summed E-state index contributed by atoms with van der Waals surface area (Å²) in [5, 5.41) is 8.30. The number of β-lactam (4-membered cyclic amide) rings is 1. The number of esters is 1. The molecule has 1 N–H and O–H groups in total. The first-order chi connectivity index (χ1) is 16.6. The van der Waals surface area contributed by atoms with Crippen LogP contribution in [0.1, 0.15) is 90.2 Å². The number of carboxylic acid groups (broad SMARTS) is 1. The molecule has 3 heterocycles. The largest absolute Gasteiger partial charge is 0.480 e. The van der Waals surface area contributed by atoms with E-state index in [1.165, 1.54) is 51.9 Å². The van der Waals surface area contributed by atoms with Crippen molar-refractivity contribution >= 4 is 27.7 Å². The van der Waals surface area contributed by atoms with Gasteiger partial charge in [-0.2, -0.15) is 0 Å². The molecule has 2 fully saturated rings.